The van der Waals surface area contributed by atoms with Crippen molar-refractivity contribution in [2.45, 2.75) is 11.9 Å². The first-order valence-corrected chi connectivity index (χ1v) is 5.70. The lowest BCUT2D eigenvalue weighted by atomic mass is 10.3. The molecule has 0 amide bonds. The molecule has 0 aliphatic carbocycles. The van der Waals surface area contributed by atoms with Crippen LogP contribution in [0.25, 0.3) is 11.0 Å². The summed E-state index contributed by atoms with van der Waals surface area (Å²) >= 11 is 1.13. The maximum atomic E-state index is 13.0. The second-order valence-electron chi connectivity index (χ2n) is 3.15. The Bertz CT molecular complexity index is 597. The zero-order valence-electron chi connectivity index (χ0n) is 8.49. The predicted octanol–water partition coefficient (Wildman–Crippen LogP) is 1.41. The van der Waals surface area contributed by atoms with Crippen molar-refractivity contribution < 1.29 is 9.12 Å². The Balaban J connectivity index is 2.79. The van der Waals surface area contributed by atoms with E-state index in [2.05, 4.69) is 4.98 Å². The molecule has 0 radical (unpaired) electrons. The number of aromatic nitrogens is 2. The Morgan fingerprint density at radius 2 is 2.31 bits per heavy atom. The molecule has 1 heterocycles. The van der Waals surface area contributed by atoms with Gasteiger partial charge in [0, 0.05) is 11.8 Å². The van der Waals surface area contributed by atoms with E-state index in [1.165, 1.54) is 12.1 Å². The van der Waals surface area contributed by atoms with Crippen LogP contribution >= 0.6 is 11.8 Å². The van der Waals surface area contributed by atoms with Crippen molar-refractivity contribution in [3.63, 3.8) is 0 Å². The molecule has 4 nitrogen and oxygen atoms in total. The van der Waals surface area contributed by atoms with Gasteiger partial charge in [-0.3, -0.25) is 4.79 Å². The van der Waals surface area contributed by atoms with E-state index in [9.17, 15) is 14.4 Å². The molecule has 0 bridgehead atoms. The van der Waals surface area contributed by atoms with E-state index in [1.54, 1.807) is 0 Å². The van der Waals surface area contributed by atoms with Gasteiger partial charge in [0.25, 0.3) is 0 Å². The maximum Gasteiger partial charge on any atom is 0.329 e. The van der Waals surface area contributed by atoms with Crippen molar-refractivity contribution in [3.8, 4) is 0 Å². The van der Waals surface area contributed by atoms with E-state index in [0.29, 0.717) is 16.0 Å². The van der Waals surface area contributed by atoms with Crippen molar-refractivity contribution >= 4 is 22.8 Å². The highest BCUT2D eigenvalue weighted by Crippen LogP contribution is 2.12. The monoisotopic (exact) mass is 240 g/mol. The van der Waals surface area contributed by atoms with Crippen LogP contribution in [-0.2, 0) is 0 Å². The number of fused-ring (bicyclic) bond motifs is 1. The van der Waals surface area contributed by atoms with Gasteiger partial charge in [-0.1, -0.05) is 18.7 Å². The van der Waals surface area contributed by atoms with Gasteiger partial charge in [0.2, 0.25) is 5.52 Å². The van der Waals surface area contributed by atoms with Crippen molar-refractivity contribution in [2.24, 2.45) is 0 Å². The van der Waals surface area contributed by atoms with Crippen LogP contribution in [0, 0.1) is 11.0 Å². The quantitative estimate of drug-likeness (QED) is 0.490. The van der Waals surface area contributed by atoms with Crippen LogP contribution in [0.3, 0.4) is 0 Å². The highest BCUT2D eigenvalue weighted by atomic mass is 32.2. The molecule has 0 atom stereocenters. The van der Waals surface area contributed by atoms with E-state index in [1.807, 2.05) is 6.92 Å². The van der Waals surface area contributed by atoms with Crippen molar-refractivity contribution in [3.05, 3.63) is 39.6 Å². The Labute approximate surface area is 94.7 Å². The fraction of sp³-hybridized carbons (Fsp3) is 0.200. The summed E-state index contributed by atoms with van der Waals surface area (Å²) in [6.45, 7) is 1.83. The smallest absolute Gasteiger partial charge is 0.329 e. The fourth-order valence-electron chi connectivity index (χ4n) is 1.42. The van der Waals surface area contributed by atoms with Gasteiger partial charge in [0.05, 0.1) is 0 Å². The highest BCUT2D eigenvalue weighted by molar-refractivity contribution is 7.99. The van der Waals surface area contributed by atoms with Crippen molar-refractivity contribution in [1.82, 2.24) is 4.98 Å². The minimum Gasteiger partial charge on any atom is -0.617 e. The van der Waals surface area contributed by atoms with Crippen LogP contribution in [-0.4, -0.2) is 10.7 Å². The molecule has 0 aliphatic rings. The molecule has 0 aliphatic heterocycles. The summed E-state index contributed by atoms with van der Waals surface area (Å²) in [5, 5.41) is 11.8. The molecule has 0 fully saturated rings. The van der Waals surface area contributed by atoms with E-state index in [-0.39, 0.29) is 10.5 Å². The van der Waals surface area contributed by atoms with Crippen molar-refractivity contribution in [1.29, 1.82) is 0 Å². The molecule has 6 heteroatoms. The number of H-pyrrole nitrogens is 1. The first-order chi connectivity index (χ1) is 7.63. The summed E-state index contributed by atoms with van der Waals surface area (Å²) in [6.07, 6.45) is 0. The third-order valence-corrected chi connectivity index (χ3v) is 3.00. The minimum atomic E-state index is -0.503. The SMILES string of the molecule is CCSc1c(=O)[nH]c2ccc(F)cc2[n+]1[O-]. The van der Waals surface area contributed by atoms with Gasteiger partial charge in [-0.25, -0.2) is 4.39 Å². The van der Waals surface area contributed by atoms with E-state index in [0.717, 1.165) is 17.8 Å². The minimum absolute atomic E-state index is 0.0422. The molecule has 16 heavy (non-hydrogen) atoms. The van der Waals surface area contributed by atoms with Gasteiger partial charge in [0.1, 0.15) is 11.3 Å². The van der Waals surface area contributed by atoms with E-state index < -0.39 is 11.4 Å². The Hall–Kier alpha value is -1.56. The number of halogens is 1. The Morgan fingerprint density at radius 3 is 3.00 bits per heavy atom. The predicted molar refractivity (Wildman–Crippen MR) is 59.9 cm³/mol. The van der Waals surface area contributed by atoms with Crippen LogP contribution < -0.4 is 10.3 Å². The molecule has 84 valence electrons. The highest BCUT2D eigenvalue weighted by Gasteiger charge is 2.16. The number of rotatable bonds is 2. The third-order valence-electron chi connectivity index (χ3n) is 2.09. The number of aromatic amines is 1. The van der Waals surface area contributed by atoms with Gasteiger partial charge >= 0.3 is 10.6 Å². The summed E-state index contributed by atoms with van der Waals surface area (Å²) < 4.78 is 13.5. The normalized spacial score (nSPS) is 10.9. The lowest BCUT2D eigenvalue weighted by Crippen LogP contribution is -2.37. The fourth-order valence-corrected chi connectivity index (χ4v) is 2.09. The number of benzene rings is 1. The largest absolute Gasteiger partial charge is 0.617 e. The molecule has 0 spiro atoms. The van der Waals surface area contributed by atoms with Gasteiger partial charge in [-0.2, -0.15) is 4.73 Å². The number of hydrogen-bond acceptors (Lipinski definition) is 3. The molecule has 2 aromatic rings. The summed E-state index contributed by atoms with van der Waals surface area (Å²) in [5.74, 6) is 0.100. The molecule has 1 aromatic heterocycles. The van der Waals surface area contributed by atoms with Crippen LogP contribution in [0.1, 0.15) is 6.92 Å². The average molecular weight is 240 g/mol. The Morgan fingerprint density at radius 1 is 1.56 bits per heavy atom. The van der Waals surface area contributed by atoms with Gasteiger partial charge < -0.3 is 10.2 Å². The van der Waals surface area contributed by atoms with E-state index in [4.69, 9.17) is 0 Å². The van der Waals surface area contributed by atoms with Crippen molar-refractivity contribution in [2.75, 3.05) is 5.75 Å². The Kier molecular flexibility index (Phi) is 2.82. The lowest BCUT2D eigenvalue weighted by Gasteiger charge is -2.05. The zero-order chi connectivity index (χ0) is 11.7. The first kappa shape index (κ1) is 10.9. The average Bonchev–Trinajstić information content (AvgIpc) is 2.26. The molecular formula is C10H9FN2O2S. The van der Waals surface area contributed by atoms with Crippen LogP contribution in [0.15, 0.2) is 28.0 Å². The summed E-state index contributed by atoms with van der Waals surface area (Å²) in [7, 11) is 0. The van der Waals surface area contributed by atoms with Crippen LogP contribution in [0.5, 0.6) is 0 Å². The molecule has 1 aromatic carbocycles. The summed E-state index contributed by atoms with van der Waals surface area (Å²) in [4.78, 5) is 14.1. The second-order valence-corrected chi connectivity index (χ2v) is 4.40. The van der Waals surface area contributed by atoms with Gasteiger partial charge in [-0.15, -0.1) is 0 Å². The molecule has 0 unspecified atom stereocenters. The van der Waals surface area contributed by atoms with E-state index >= 15 is 0 Å². The molecule has 1 N–H and O–H groups in total. The van der Waals surface area contributed by atoms with Gasteiger partial charge in [0.15, 0.2) is 0 Å². The topological polar surface area (TPSA) is 59.8 Å². The maximum absolute atomic E-state index is 13.0. The number of nitrogens with zero attached hydrogens (tertiary/aromatic N) is 1. The summed E-state index contributed by atoms with van der Waals surface area (Å²) in [6, 6.07) is 3.68. The first-order valence-electron chi connectivity index (χ1n) is 4.71. The second kappa shape index (κ2) is 4.13. The zero-order valence-corrected chi connectivity index (χ0v) is 9.31. The third kappa shape index (κ3) is 1.76. The molecule has 0 saturated carbocycles. The molecule has 0 saturated heterocycles. The number of nitrogens with one attached hydrogen (secondary N) is 1. The number of hydrogen-bond donors (Lipinski definition) is 1. The van der Waals surface area contributed by atoms with Crippen LogP contribution in [0.2, 0.25) is 0 Å². The number of thioether (sulfide) groups is 1. The lowest BCUT2D eigenvalue weighted by molar-refractivity contribution is -0.620. The standard InChI is InChI=1S/C10H9FN2O2S/c1-2-16-10-9(14)12-7-4-3-6(11)5-8(7)13(10)15/h3-5H,2H2,1H3,(H,12,14). The van der Waals surface area contributed by atoms with Gasteiger partial charge in [-0.05, 0) is 12.1 Å². The molecule has 2 rings (SSSR count). The summed E-state index contributed by atoms with van der Waals surface area (Å²) in [5.41, 5.74) is 0.0263. The van der Waals surface area contributed by atoms with Crippen LogP contribution in [0.4, 0.5) is 4.39 Å². The molecular weight excluding hydrogens is 231 g/mol.